The molecule has 21 heavy (non-hydrogen) atoms. The van der Waals surface area contributed by atoms with Crippen molar-refractivity contribution in [2.75, 3.05) is 26.5 Å². The van der Waals surface area contributed by atoms with Crippen molar-refractivity contribution in [3.05, 3.63) is 58.1 Å². The summed E-state index contributed by atoms with van der Waals surface area (Å²) >= 11 is 3.52. The molecule has 0 aromatic heterocycles. The second kappa shape index (κ2) is 7.48. The van der Waals surface area contributed by atoms with Gasteiger partial charge in [-0.1, -0.05) is 24.3 Å². The highest BCUT2D eigenvalue weighted by Crippen LogP contribution is 2.26. The Labute approximate surface area is 135 Å². The molecule has 0 saturated heterocycles. The molecule has 2 aromatic carbocycles. The SMILES string of the molecule is COc1ccc(CNc2ccccc2CN(C)C)cc1Br. The summed E-state index contributed by atoms with van der Waals surface area (Å²) in [5, 5.41) is 3.51. The second-order valence-electron chi connectivity index (χ2n) is 5.22. The van der Waals surface area contributed by atoms with Crippen LogP contribution in [-0.2, 0) is 13.1 Å². The molecule has 0 aliphatic carbocycles. The molecule has 0 spiro atoms. The molecule has 4 heteroatoms. The normalized spacial score (nSPS) is 10.7. The van der Waals surface area contributed by atoms with Crippen LogP contribution in [0.1, 0.15) is 11.1 Å². The van der Waals surface area contributed by atoms with Gasteiger partial charge in [-0.25, -0.2) is 0 Å². The fourth-order valence-electron chi connectivity index (χ4n) is 2.19. The Bertz CT molecular complexity index is 599. The summed E-state index contributed by atoms with van der Waals surface area (Å²) in [7, 11) is 5.84. The maximum atomic E-state index is 5.25. The lowest BCUT2D eigenvalue weighted by atomic mass is 10.1. The van der Waals surface area contributed by atoms with Crippen LogP contribution >= 0.6 is 15.9 Å². The topological polar surface area (TPSA) is 24.5 Å². The van der Waals surface area contributed by atoms with E-state index in [9.17, 15) is 0 Å². The van der Waals surface area contributed by atoms with Crippen LogP contribution < -0.4 is 10.1 Å². The van der Waals surface area contributed by atoms with E-state index in [0.29, 0.717) is 0 Å². The first kappa shape index (κ1) is 15.9. The number of para-hydroxylation sites is 1. The van der Waals surface area contributed by atoms with E-state index in [-0.39, 0.29) is 0 Å². The number of benzene rings is 2. The zero-order valence-electron chi connectivity index (χ0n) is 12.7. The Morgan fingerprint density at radius 3 is 2.57 bits per heavy atom. The number of hydrogen-bond donors (Lipinski definition) is 1. The second-order valence-corrected chi connectivity index (χ2v) is 6.07. The molecule has 2 rings (SSSR count). The van der Waals surface area contributed by atoms with Crippen molar-refractivity contribution in [3.8, 4) is 5.75 Å². The minimum atomic E-state index is 0.785. The molecular weight excluding hydrogens is 328 g/mol. The van der Waals surface area contributed by atoms with Crippen LogP contribution in [0.5, 0.6) is 5.75 Å². The monoisotopic (exact) mass is 348 g/mol. The van der Waals surface area contributed by atoms with Gasteiger partial charge in [-0.05, 0) is 59.4 Å². The molecule has 0 heterocycles. The van der Waals surface area contributed by atoms with Gasteiger partial charge in [0.15, 0.2) is 0 Å². The minimum absolute atomic E-state index is 0.785. The number of nitrogens with one attached hydrogen (secondary N) is 1. The number of ether oxygens (including phenoxy) is 1. The molecule has 0 radical (unpaired) electrons. The number of nitrogens with zero attached hydrogens (tertiary/aromatic N) is 1. The number of anilines is 1. The summed E-state index contributed by atoms with van der Waals surface area (Å²) in [4.78, 5) is 2.17. The highest BCUT2D eigenvalue weighted by Gasteiger charge is 2.04. The van der Waals surface area contributed by atoms with E-state index in [4.69, 9.17) is 4.74 Å². The lowest BCUT2D eigenvalue weighted by Crippen LogP contribution is -2.12. The highest BCUT2D eigenvalue weighted by atomic mass is 79.9. The first-order valence-corrected chi connectivity index (χ1v) is 7.68. The van der Waals surface area contributed by atoms with E-state index < -0.39 is 0 Å². The summed E-state index contributed by atoms with van der Waals surface area (Å²) in [5.41, 5.74) is 3.69. The molecule has 0 fully saturated rings. The van der Waals surface area contributed by atoms with Gasteiger partial charge in [0.2, 0.25) is 0 Å². The van der Waals surface area contributed by atoms with Gasteiger partial charge in [-0.15, -0.1) is 0 Å². The Hall–Kier alpha value is -1.52. The molecular formula is C17H21BrN2O. The number of methoxy groups -OCH3 is 1. The molecule has 3 nitrogen and oxygen atoms in total. The molecule has 112 valence electrons. The van der Waals surface area contributed by atoms with Gasteiger partial charge in [-0.3, -0.25) is 0 Å². The van der Waals surface area contributed by atoms with Crippen LogP contribution in [0.4, 0.5) is 5.69 Å². The van der Waals surface area contributed by atoms with Crippen molar-refractivity contribution in [1.29, 1.82) is 0 Å². The minimum Gasteiger partial charge on any atom is -0.496 e. The van der Waals surface area contributed by atoms with Gasteiger partial charge in [0, 0.05) is 18.8 Å². The number of rotatable bonds is 6. The van der Waals surface area contributed by atoms with Gasteiger partial charge >= 0.3 is 0 Å². The van der Waals surface area contributed by atoms with Gasteiger partial charge in [-0.2, -0.15) is 0 Å². The van der Waals surface area contributed by atoms with Gasteiger partial charge in [0.1, 0.15) is 5.75 Å². The third kappa shape index (κ3) is 4.48. The van der Waals surface area contributed by atoms with Crippen LogP contribution in [0.25, 0.3) is 0 Å². The number of halogens is 1. The Balaban J connectivity index is 2.08. The fourth-order valence-corrected chi connectivity index (χ4v) is 2.78. The molecule has 1 N–H and O–H groups in total. The zero-order valence-corrected chi connectivity index (χ0v) is 14.3. The zero-order chi connectivity index (χ0) is 15.2. The molecule has 0 bridgehead atoms. The van der Waals surface area contributed by atoms with Crippen LogP contribution in [0.3, 0.4) is 0 Å². The predicted octanol–water partition coefficient (Wildman–Crippen LogP) is 4.13. The average molecular weight is 349 g/mol. The predicted molar refractivity (Wildman–Crippen MR) is 91.9 cm³/mol. The van der Waals surface area contributed by atoms with Crippen molar-refractivity contribution in [1.82, 2.24) is 4.90 Å². The van der Waals surface area contributed by atoms with Gasteiger partial charge < -0.3 is 15.0 Å². The van der Waals surface area contributed by atoms with Crippen molar-refractivity contribution < 1.29 is 4.74 Å². The molecule has 0 amide bonds. The van der Waals surface area contributed by atoms with Crippen molar-refractivity contribution in [2.45, 2.75) is 13.1 Å². The van der Waals surface area contributed by atoms with Crippen molar-refractivity contribution in [3.63, 3.8) is 0 Å². The van der Waals surface area contributed by atoms with E-state index >= 15 is 0 Å². The average Bonchev–Trinajstić information content (AvgIpc) is 2.46. The van der Waals surface area contributed by atoms with E-state index in [1.807, 2.05) is 6.07 Å². The maximum absolute atomic E-state index is 5.25. The summed E-state index contributed by atoms with van der Waals surface area (Å²) in [6, 6.07) is 14.6. The van der Waals surface area contributed by atoms with Crippen molar-refractivity contribution >= 4 is 21.6 Å². The van der Waals surface area contributed by atoms with Gasteiger partial charge in [0.25, 0.3) is 0 Å². The smallest absolute Gasteiger partial charge is 0.133 e. The van der Waals surface area contributed by atoms with E-state index in [1.165, 1.54) is 16.8 Å². The summed E-state index contributed by atoms with van der Waals surface area (Å²) in [5.74, 6) is 0.853. The molecule has 2 aromatic rings. The molecule has 0 unspecified atom stereocenters. The summed E-state index contributed by atoms with van der Waals surface area (Å²) in [6.45, 7) is 1.71. The van der Waals surface area contributed by atoms with Crippen LogP contribution in [0.15, 0.2) is 46.9 Å². The summed E-state index contributed by atoms with van der Waals surface area (Å²) < 4.78 is 6.23. The van der Waals surface area contributed by atoms with Crippen LogP contribution in [-0.4, -0.2) is 26.1 Å². The Morgan fingerprint density at radius 2 is 1.90 bits per heavy atom. The van der Waals surface area contributed by atoms with E-state index in [0.717, 1.165) is 23.3 Å². The third-order valence-electron chi connectivity index (χ3n) is 3.20. The van der Waals surface area contributed by atoms with Crippen LogP contribution in [0, 0.1) is 0 Å². The van der Waals surface area contributed by atoms with E-state index in [1.54, 1.807) is 7.11 Å². The quantitative estimate of drug-likeness (QED) is 0.849. The third-order valence-corrected chi connectivity index (χ3v) is 3.82. The molecule has 0 aliphatic heterocycles. The largest absolute Gasteiger partial charge is 0.496 e. The number of hydrogen-bond acceptors (Lipinski definition) is 3. The van der Waals surface area contributed by atoms with E-state index in [2.05, 4.69) is 76.6 Å². The fraction of sp³-hybridized carbons (Fsp3) is 0.294. The Kier molecular flexibility index (Phi) is 5.65. The molecule has 0 atom stereocenters. The molecule has 0 saturated carbocycles. The first-order chi connectivity index (χ1) is 10.1. The lowest BCUT2D eigenvalue weighted by Gasteiger charge is -2.16. The Morgan fingerprint density at radius 1 is 1.14 bits per heavy atom. The van der Waals surface area contributed by atoms with Gasteiger partial charge in [0.05, 0.1) is 11.6 Å². The maximum Gasteiger partial charge on any atom is 0.133 e. The van der Waals surface area contributed by atoms with Crippen LogP contribution in [0.2, 0.25) is 0 Å². The molecule has 0 aliphatic rings. The highest BCUT2D eigenvalue weighted by molar-refractivity contribution is 9.10. The lowest BCUT2D eigenvalue weighted by molar-refractivity contribution is 0.403. The summed E-state index contributed by atoms with van der Waals surface area (Å²) in [6.07, 6.45) is 0. The first-order valence-electron chi connectivity index (χ1n) is 6.89. The standard InChI is InChI=1S/C17H21BrN2O/c1-20(2)12-14-6-4-5-7-16(14)19-11-13-8-9-17(21-3)15(18)10-13/h4-10,19H,11-12H2,1-3H3. The van der Waals surface area contributed by atoms with Crippen molar-refractivity contribution in [2.24, 2.45) is 0 Å².